The minimum Gasteiger partial charge on any atom is -0.310 e. The van der Waals surface area contributed by atoms with Crippen molar-refractivity contribution in [1.82, 2.24) is 5.32 Å². The summed E-state index contributed by atoms with van der Waals surface area (Å²) in [5.41, 5.74) is 2.60. The summed E-state index contributed by atoms with van der Waals surface area (Å²) >= 11 is 3.53. The molecule has 0 saturated carbocycles. The molecular weight excluding hydrogens is 274 g/mol. The van der Waals surface area contributed by atoms with E-state index in [4.69, 9.17) is 6.42 Å². The molecule has 1 aromatic rings. The highest BCUT2D eigenvalue weighted by Crippen LogP contribution is 2.24. The summed E-state index contributed by atoms with van der Waals surface area (Å²) in [5, 5.41) is 3.56. The van der Waals surface area contributed by atoms with Gasteiger partial charge in [0.2, 0.25) is 0 Å². The molecule has 0 heterocycles. The minimum atomic E-state index is 0.373. The minimum absolute atomic E-state index is 0.373. The van der Waals surface area contributed by atoms with Crippen LogP contribution in [0.4, 0.5) is 0 Å². The Balaban J connectivity index is 2.80. The van der Waals surface area contributed by atoms with Crippen LogP contribution in [0.25, 0.3) is 0 Å². The first-order chi connectivity index (χ1) is 8.19. The molecule has 1 aromatic carbocycles. The first-order valence-electron chi connectivity index (χ1n) is 6.12. The van der Waals surface area contributed by atoms with Crippen LogP contribution < -0.4 is 5.32 Å². The number of hydrogen-bond donors (Lipinski definition) is 1. The van der Waals surface area contributed by atoms with Crippen molar-refractivity contribution in [2.75, 3.05) is 6.54 Å². The highest BCUT2D eigenvalue weighted by molar-refractivity contribution is 9.10. The number of aryl methyl sites for hydroxylation is 1. The van der Waals surface area contributed by atoms with Crippen molar-refractivity contribution < 1.29 is 0 Å². The lowest BCUT2D eigenvalue weighted by Gasteiger charge is -2.19. The molecule has 1 rings (SSSR count). The topological polar surface area (TPSA) is 12.0 Å². The SMILES string of the molecule is C#CCCC(NCCC)c1ccc(Br)c(C)c1. The first-order valence-corrected chi connectivity index (χ1v) is 6.91. The van der Waals surface area contributed by atoms with E-state index in [0.29, 0.717) is 6.04 Å². The maximum absolute atomic E-state index is 5.35. The normalized spacial score (nSPS) is 12.1. The summed E-state index contributed by atoms with van der Waals surface area (Å²) in [7, 11) is 0. The summed E-state index contributed by atoms with van der Waals surface area (Å²) in [4.78, 5) is 0. The van der Waals surface area contributed by atoms with E-state index in [1.807, 2.05) is 0 Å². The smallest absolute Gasteiger partial charge is 0.0329 e. The molecule has 0 radical (unpaired) electrons. The van der Waals surface area contributed by atoms with E-state index in [1.165, 1.54) is 11.1 Å². The predicted molar refractivity (Wildman–Crippen MR) is 78.0 cm³/mol. The third kappa shape index (κ3) is 4.53. The molecule has 1 nitrogen and oxygen atoms in total. The van der Waals surface area contributed by atoms with Crippen LogP contribution in [0.15, 0.2) is 22.7 Å². The average molecular weight is 294 g/mol. The quantitative estimate of drug-likeness (QED) is 0.775. The highest BCUT2D eigenvalue weighted by atomic mass is 79.9. The summed E-state index contributed by atoms with van der Waals surface area (Å²) in [6.45, 7) is 5.33. The lowest BCUT2D eigenvalue weighted by Crippen LogP contribution is -2.22. The van der Waals surface area contributed by atoms with Crippen molar-refractivity contribution in [3.05, 3.63) is 33.8 Å². The van der Waals surface area contributed by atoms with Crippen LogP contribution in [0.1, 0.15) is 43.4 Å². The van der Waals surface area contributed by atoms with Crippen LogP contribution in [-0.2, 0) is 0 Å². The van der Waals surface area contributed by atoms with Gasteiger partial charge in [-0.2, -0.15) is 0 Å². The van der Waals surface area contributed by atoms with Gasteiger partial charge >= 0.3 is 0 Å². The van der Waals surface area contributed by atoms with E-state index >= 15 is 0 Å². The second-order valence-corrected chi connectivity index (χ2v) is 5.11. The van der Waals surface area contributed by atoms with E-state index in [2.05, 4.69) is 59.2 Å². The monoisotopic (exact) mass is 293 g/mol. The third-order valence-electron chi connectivity index (χ3n) is 2.80. The Bertz CT molecular complexity index is 392. The number of benzene rings is 1. The van der Waals surface area contributed by atoms with Crippen molar-refractivity contribution in [3.63, 3.8) is 0 Å². The second-order valence-electron chi connectivity index (χ2n) is 4.26. The van der Waals surface area contributed by atoms with Crippen LogP contribution in [-0.4, -0.2) is 6.54 Å². The molecule has 0 aliphatic rings. The molecule has 0 bridgehead atoms. The van der Waals surface area contributed by atoms with E-state index in [9.17, 15) is 0 Å². The van der Waals surface area contributed by atoms with Crippen molar-refractivity contribution in [1.29, 1.82) is 0 Å². The first kappa shape index (κ1) is 14.3. The van der Waals surface area contributed by atoms with Gasteiger partial charge in [-0.05, 0) is 43.5 Å². The molecule has 1 N–H and O–H groups in total. The van der Waals surface area contributed by atoms with Gasteiger partial charge in [0.15, 0.2) is 0 Å². The molecule has 0 amide bonds. The molecule has 0 aliphatic heterocycles. The fourth-order valence-electron chi connectivity index (χ4n) is 1.82. The van der Waals surface area contributed by atoms with E-state index < -0.39 is 0 Å². The number of terminal acetylenes is 1. The zero-order chi connectivity index (χ0) is 12.7. The van der Waals surface area contributed by atoms with Gasteiger partial charge < -0.3 is 5.32 Å². The molecule has 0 fully saturated rings. The Labute approximate surface area is 113 Å². The molecule has 0 spiro atoms. The van der Waals surface area contributed by atoms with Gasteiger partial charge in [-0.15, -0.1) is 12.3 Å². The van der Waals surface area contributed by atoms with Crippen LogP contribution in [0, 0.1) is 19.3 Å². The van der Waals surface area contributed by atoms with Crippen molar-refractivity contribution in [3.8, 4) is 12.3 Å². The van der Waals surface area contributed by atoms with Crippen LogP contribution >= 0.6 is 15.9 Å². The molecule has 92 valence electrons. The lowest BCUT2D eigenvalue weighted by atomic mass is 10.00. The van der Waals surface area contributed by atoms with E-state index in [0.717, 1.165) is 30.3 Å². The fourth-order valence-corrected chi connectivity index (χ4v) is 2.06. The van der Waals surface area contributed by atoms with Crippen LogP contribution in [0.3, 0.4) is 0 Å². The summed E-state index contributed by atoms with van der Waals surface area (Å²) in [5.74, 6) is 2.72. The van der Waals surface area contributed by atoms with E-state index in [-0.39, 0.29) is 0 Å². The number of hydrogen-bond acceptors (Lipinski definition) is 1. The molecule has 0 saturated heterocycles. The van der Waals surface area contributed by atoms with E-state index in [1.54, 1.807) is 0 Å². The summed E-state index contributed by atoms with van der Waals surface area (Å²) < 4.78 is 1.16. The van der Waals surface area contributed by atoms with Crippen molar-refractivity contribution in [2.45, 2.75) is 39.2 Å². The molecule has 2 heteroatoms. The van der Waals surface area contributed by atoms with Gasteiger partial charge in [-0.1, -0.05) is 35.0 Å². The van der Waals surface area contributed by atoms with Crippen LogP contribution in [0.5, 0.6) is 0 Å². The Morgan fingerprint density at radius 2 is 2.24 bits per heavy atom. The Kier molecular flexibility index (Phi) is 6.32. The van der Waals surface area contributed by atoms with Gasteiger partial charge in [0.05, 0.1) is 0 Å². The standard InChI is InChI=1S/C15H20BrN/c1-4-6-7-15(17-10-5-2)13-8-9-14(16)12(3)11-13/h1,8-9,11,15,17H,5-7,10H2,2-3H3. The fraction of sp³-hybridized carbons (Fsp3) is 0.467. The molecule has 17 heavy (non-hydrogen) atoms. The highest BCUT2D eigenvalue weighted by Gasteiger charge is 2.10. The molecule has 1 atom stereocenters. The number of halogens is 1. The summed E-state index contributed by atoms with van der Waals surface area (Å²) in [6, 6.07) is 6.88. The van der Waals surface area contributed by atoms with Crippen LogP contribution in [0.2, 0.25) is 0 Å². The van der Waals surface area contributed by atoms with Gasteiger partial charge in [0.1, 0.15) is 0 Å². The Morgan fingerprint density at radius 1 is 1.47 bits per heavy atom. The van der Waals surface area contributed by atoms with Crippen molar-refractivity contribution in [2.24, 2.45) is 0 Å². The Hall–Kier alpha value is -0.780. The van der Waals surface area contributed by atoms with Gasteiger partial charge in [-0.3, -0.25) is 0 Å². The number of nitrogens with one attached hydrogen (secondary N) is 1. The maximum atomic E-state index is 5.35. The van der Waals surface area contributed by atoms with Crippen molar-refractivity contribution >= 4 is 15.9 Å². The molecular formula is C15H20BrN. The molecule has 0 aliphatic carbocycles. The van der Waals surface area contributed by atoms with Gasteiger partial charge in [0, 0.05) is 16.9 Å². The molecule has 1 unspecified atom stereocenters. The predicted octanol–water partition coefficient (Wildman–Crippen LogP) is 4.21. The maximum Gasteiger partial charge on any atom is 0.0329 e. The largest absolute Gasteiger partial charge is 0.310 e. The number of rotatable bonds is 6. The zero-order valence-electron chi connectivity index (χ0n) is 10.6. The third-order valence-corrected chi connectivity index (χ3v) is 3.69. The lowest BCUT2D eigenvalue weighted by molar-refractivity contribution is 0.505. The van der Waals surface area contributed by atoms with Gasteiger partial charge in [0.25, 0.3) is 0 Å². The second kappa shape index (κ2) is 7.53. The Morgan fingerprint density at radius 3 is 2.82 bits per heavy atom. The average Bonchev–Trinajstić information content (AvgIpc) is 2.33. The summed E-state index contributed by atoms with van der Waals surface area (Å²) in [6.07, 6.45) is 8.31. The molecule has 0 aromatic heterocycles. The zero-order valence-corrected chi connectivity index (χ0v) is 12.2. The van der Waals surface area contributed by atoms with Gasteiger partial charge in [-0.25, -0.2) is 0 Å².